The maximum Gasteiger partial charge on any atom is 0.416 e. The molecule has 2 amide bonds. The second-order valence-electron chi connectivity index (χ2n) is 8.73. The molecule has 1 aliphatic rings. The van der Waals surface area contributed by atoms with E-state index in [4.69, 9.17) is 0 Å². The summed E-state index contributed by atoms with van der Waals surface area (Å²) in [5.41, 5.74) is 1.53. The van der Waals surface area contributed by atoms with Crippen LogP contribution in [-0.2, 0) is 20.8 Å². The Balaban J connectivity index is 1.78. The molecular weight excluding hydrogens is 493 g/mol. The van der Waals surface area contributed by atoms with E-state index in [1.54, 1.807) is 42.2 Å². The predicted octanol–water partition coefficient (Wildman–Crippen LogP) is 5.18. The molecule has 1 atom stereocenters. The van der Waals surface area contributed by atoms with E-state index in [2.05, 4.69) is 0 Å². The average Bonchev–Trinajstić information content (AvgIpc) is 2.81. The van der Waals surface area contributed by atoms with Crippen molar-refractivity contribution in [2.75, 3.05) is 22.6 Å². The van der Waals surface area contributed by atoms with Gasteiger partial charge in [0.25, 0.3) is 5.91 Å². The molecule has 6 nitrogen and oxygen atoms in total. The van der Waals surface area contributed by atoms with Gasteiger partial charge in [-0.25, -0.2) is 8.42 Å². The van der Waals surface area contributed by atoms with Crippen LogP contribution in [0.15, 0.2) is 71.6 Å². The Hall–Kier alpha value is -3.66. The van der Waals surface area contributed by atoms with Gasteiger partial charge < -0.3 is 9.80 Å². The zero-order valence-corrected chi connectivity index (χ0v) is 20.5. The number of carbonyl (C=O) groups excluding carboxylic acids is 2. The molecule has 36 heavy (non-hydrogen) atoms. The van der Waals surface area contributed by atoms with Crippen LogP contribution in [0.5, 0.6) is 0 Å². The summed E-state index contributed by atoms with van der Waals surface area (Å²) in [5.74, 6) is -0.708. The number of anilines is 2. The molecule has 0 aromatic heterocycles. The minimum absolute atomic E-state index is 0.0836. The molecule has 10 heteroatoms. The summed E-state index contributed by atoms with van der Waals surface area (Å²) in [5, 5.41) is 0. The topological polar surface area (TPSA) is 74.8 Å². The molecule has 188 valence electrons. The molecule has 4 rings (SSSR count). The van der Waals surface area contributed by atoms with Crippen LogP contribution in [0.4, 0.5) is 24.5 Å². The van der Waals surface area contributed by atoms with Gasteiger partial charge in [0.1, 0.15) is 0 Å². The summed E-state index contributed by atoms with van der Waals surface area (Å²) in [6.07, 6.45) is -3.40. The van der Waals surface area contributed by atoms with Crippen molar-refractivity contribution in [3.63, 3.8) is 0 Å². The van der Waals surface area contributed by atoms with E-state index in [0.717, 1.165) is 30.5 Å². The second kappa shape index (κ2) is 9.09. The van der Waals surface area contributed by atoms with Gasteiger partial charge >= 0.3 is 6.18 Å². The van der Waals surface area contributed by atoms with Gasteiger partial charge in [0.2, 0.25) is 5.91 Å². The molecule has 0 bridgehead atoms. The van der Waals surface area contributed by atoms with Gasteiger partial charge in [0, 0.05) is 25.3 Å². The van der Waals surface area contributed by atoms with E-state index in [9.17, 15) is 31.2 Å². The lowest BCUT2D eigenvalue weighted by Gasteiger charge is -2.41. The number of halogens is 3. The van der Waals surface area contributed by atoms with Gasteiger partial charge in [-0.1, -0.05) is 18.2 Å². The summed E-state index contributed by atoms with van der Waals surface area (Å²) in [7, 11) is -3.37. The second-order valence-corrected chi connectivity index (χ2v) is 10.7. The Labute approximate surface area is 206 Å². The number of amides is 2. The Kier molecular flexibility index (Phi) is 6.42. The van der Waals surface area contributed by atoms with Gasteiger partial charge in [0.15, 0.2) is 9.84 Å². The Bertz CT molecular complexity index is 1430. The van der Waals surface area contributed by atoms with Crippen LogP contribution in [0.1, 0.15) is 29.8 Å². The van der Waals surface area contributed by atoms with Crippen molar-refractivity contribution in [3.05, 3.63) is 77.9 Å². The van der Waals surface area contributed by atoms with E-state index in [-0.39, 0.29) is 29.0 Å². The molecule has 1 aliphatic heterocycles. The number of nitrogens with zero attached hydrogens (tertiary/aromatic N) is 2. The van der Waals surface area contributed by atoms with Gasteiger partial charge in [-0.05, 0) is 66.6 Å². The van der Waals surface area contributed by atoms with E-state index in [0.29, 0.717) is 22.5 Å². The van der Waals surface area contributed by atoms with Crippen molar-refractivity contribution in [2.45, 2.75) is 31.0 Å². The molecule has 0 saturated carbocycles. The summed E-state index contributed by atoms with van der Waals surface area (Å²) >= 11 is 0. The number of sulfone groups is 1. The number of hydrogen-bond acceptors (Lipinski definition) is 4. The number of carbonyl (C=O) groups is 2. The molecular formula is C26H23F3N2O4S. The molecule has 0 spiro atoms. The van der Waals surface area contributed by atoms with Crippen molar-refractivity contribution in [3.8, 4) is 11.1 Å². The van der Waals surface area contributed by atoms with Crippen LogP contribution in [0.3, 0.4) is 0 Å². The highest BCUT2D eigenvalue weighted by Gasteiger charge is 2.35. The first-order valence-corrected chi connectivity index (χ1v) is 12.9. The average molecular weight is 517 g/mol. The zero-order chi connectivity index (χ0) is 26.4. The number of rotatable bonds is 3. The van der Waals surface area contributed by atoms with Crippen LogP contribution in [-0.4, -0.2) is 39.1 Å². The van der Waals surface area contributed by atoms with E-state index in [1.807, 2.05) is 0 Å². The molecule has 0 fully saturated rings. The molecule has 3 aromatic carbocycles. The maximum absolute atomic E-state index is 13.4. The third kappa shape index (κ3) is 4.86. The summed E-state index contributed by atoms with van der Waals surface area (Å²) in [4.78, 5) is 29.0. The van der Waals surface area contributed by atoms with Crippen LogP contribution >= 0.6 is 0 Å². The molecule has 0 N–H and O–H groups in total. The van der Waals surface area contributed by atoms with E-state index >= 15 is 0 Å². The van der Waals surface area contributed by atoms with Crippen molar-refractivity contribution >= 4 is 33.0 Å². The molecule has 0 aliphatic carbocycles. The fraction of sp³-hybridized carbons (Fsp3) is 0.231. The lowest BCUT2D eigenvalue weighted by atomic mass is 9.99. The molecule has 3 aromatic rings. The highest BCUT2D eigenvalue weighted by molar-refractivity contribution is 7.90. The number of alkyl halides is 3. The van der Waals surface area contributed by atoms with Gasteiger partial charge in [-0.3, -0.25) is 9.59 Å². The fourth-order valence-corrected chi connectivity index (χ4v) is 4.96. The first-order valence-electron chi connectivity index (χ1n) is 11.0. The Morgan fingerprint density at radius 1 is 0.889 bits per heavy atom. The van der Waals surface area contributed by atoms with Crippen molar-refractivity contribution < 1.29 is 31.2 Å². The minimum atomic E-state index is -4.52. The molecule has 0 radical (unpaired) electrons. The normalized spacial score (nSPS) is 16.0. The lowest BCUT2D eigenvalue weighted by Crippen LogP contribution is -2.51. The van der Waals surface area contributed by atoms with Crippen molar-refractivity contribution in [1.82, 2.24) is 0 Å². The highest BCUT2D eigenvalue weighted by atomic mass is 32.2. The van der Waals surface area contributed by atoms with Crippen molar-refractivity contribution in [1.29, 1.82) is 0 Å². The first kappa shape index (κ1) is 25.4. The number of fused-ring (bicyclic) bond motifs is 1. The van der Waals surface area contributed by atoms with Gasteiger partial charge in [-0.15, -0.1) is 0 Å². The van der Waals surface area contributed by atoms with Crippen LogP contribution in [0.25, 0.3) is 11.1 Å². The van der Waals surface area contributed by atoms with Crippen LogP contribution in [0, 0.1) is 0 Å². The fourth-order valence-electron chi connectivity index (χ4n) is 4.33. The first-order chi connectivity index (χ1) is 16.8. The summed E-state index contributed by atoms with van der Waals surface area (Å²) in [6.45, 7) is 3.35. The third-order valence-electron chi connectivity index (χ3n) is 6.07. The maximum atomic E-state index is 13.4. The van der Waals surface area contributed by atoms with Crippen molar-refractivity contribution in [2.24, 2.45) is 0 Å². The quantitative estimate of drug-likeness (QED) is 0.481. The highest BCUT2D eigenvalue weighted by Crippen LogP contribution is 2.40. The monoisotopic (exact) mass is 516 g/mol. The zero-order valence-electron chi connectivity index (χ0n) is 19.7. The molecule has 0 saturated heterocycles. The van der Waals surface area contributed by atoms with Gasteiger partial charge in [0.05, 0.1) is 27.9 Å². The third-order valence-corrected chi connectivity index (χ3v) is 7.20. The predicted molar refractivity (Wildman–Crippen MR) is 131 cm³/mol. The standard InChI is InChI=1S/C26H23F3N2O4S/c1-16-15-30(25(33)19-4-9-21(10-5-19)26(27,28)29)24-14-20(8-13-23(24)31(16)17(2)32)18-6-11-22(12-7-18)36(3,34)35/h4-14,16H,15H2,1-3H3/t16-/m0/s1. The van der Waals surface area contributed by atoms with Crippen LogP contribution < -0.4 is 9.80 Å². The number of benzene rings is 3. The van der Waals surface area contributed by atoms with Gasteiger partial charge in [-0.2, -0.15) is 13.2 Å². The number of hydrogen-bond donors (Lipinski definition) is 0. The minimum Gasteiger partial charge on any atom is -0.306 e. The van der Waals surface area contributed by atoms with E-state index in [1.165, 1.54) is 24.0 Å². The van der Waals surface area contributed by atoms with E-state index < -0.39 is 27.5 Å². The molecule has 1 heterocycles. The Morgan fingerprint density at radius 3 is 2.00 bits per heavy atom. The smallest absolute Gasteiger partial charge is 0.306 e. The Morgan fingerprint density at radius 2 is 1.47 bits per heavy atom. The molecule has 0 unspecified atom stereocenters. The largest absolute Gasteiger partial charge is 0.416 e. The summed E-state index contributed by atoms with van der Waals surface area (Å²) in [6, 6.07) is 15.1. The summed E-state index contributed by atoms with van der Waals surface area (Å²) < 4.78 is 62.5. The lowest BCUT2D eigenvalue weighted by molar-refractivity contribution is -0.137. The van der Waals surface area contributed by atoms with Crippen LogP contribution in [0.2, 0.25) is 0 Å². The SMILES string of the molecule is CC(=O)N1c2ccc(-c3ccc(S(C)(=O)=O)cc3)cc2N(C(=O)c2ccc(C(F)(F)F)cc2)C[C@@H]1C.